The zero-order valence-electron chi connectivity index (χ0n) is 18.4. The molecule has 0 spiro atoms. The van der Waals surface area contributed by atoms with E-state index in [9.17, 15) is 0 Å². The molecule has 0 aliphatic carbocycles. The molecule has 0 N–H and O–H groups in total. The Labute approximate surface area is 171 Å². The molecule has 0 unspecified atom stereocenters. The van der Waals surface area contributed by atoms with E-state index < -0.39 is 0 Å². The molecule has 0 aliphatic rings. The van der Waals surface area contributed by atoms with Crippen molar-refractivity contribution in [2.24, 2.45) is 0 Å². The fraction of sp³-hybridized carbons (Fsp3) is 1.00. The SMILES string of the molecule is CCCCCCCCCCCCN(Cl)CCCCCCCCCCCC. The van der Waals surface area contributed by atoms with Crippen molar-refractivity contribution in [3.63, 3.8) is 0 Å². The molecule has 0 bridgehead atoms. The summed E-state index contributed by atoms with van der Waals surface area (Å²) in [6.45, 7) is 6.73. The largest absolute Gasteiger partial charge is 0.220 e. The van der Waals surface area contributed by atoms with Gasteiger partial charge in [0.1, 0.15) is 0 Å². The molecule has 1 nitrogen and oxygen atoms in total. The molecule has 0 aliphatic heterocycles. The molecule has 0 aromatic heterocycles. The average molecular weight is 388 g/mol. The normalized spacial score (nSPS) is 11.5. The van der Waals surface area contributed by atoms with Crippen molar-refractivity contribution in [2.75, 3.05) is 13.1 Å². The van der Waals surface area contributed by atoms with Gasteiger partial charge in [-0.2, -0.15) is 0 Å². The Morgan fingerprint density at radius 1 is 0.385 bits per heavy atom. The molecule has 2 heteroatoms. The Hall–Kier alpha value is 0.250. The average Bonchev–Trinajstić information content (AvgIpc) is 2.64. The summed E-state index contributed by atoms with van der Waals surface area (Å²) in [5.41, 5.74) is 0. The Morgan fingerprint density at radius 2 is 0.615 bits per heavy atom. The van der Waals surface area contributed by atoms with Gasteiger partial charge in [0.15, 0.2) is 0 Å². The predicted octanol–water partition coefficient (Wildman–Crippen LogP) is 9.28. The molecule has 0 fully saturated rings. The minimum absolute atomic E-state index is 1.08. The van der Waals surface area contributed by atoms with Crippen molar-refractivity contribution >= 4 is 11.8 Å². The van der Waals surface area contributed by atoms with Crippen molar-refractivity contribution in [1.82, 2.24) is 4.42 Å². The topological polar surface area (TPSA) is 3.24 Å². The number of hydrogen-bond acceptors (Lipinski definition) is 1. The first kappa shape index (κ1) is 26.2. The Morgan fingerprint density at radius 3 is 0.885 bits per heavy atom. The third-order valence-electron chi connectivity index (χ3n) is 5.51. The highest BCUT2D eigenvalue weighted by atomic mass is 35.5. The summed E-state index contributed by atoms with van der Waals surface area (Å²) in [5.74, 6) is 0. The van der Waals surface area contributed by atoms with Crippen molar-refractivity contribution in [3.8, 4) is 0 Å². The molecule has 0 aromatic carbocycles. The fourth-order valence-corrected chi connectivity index (χ4v) is 3.89. The summed E-state index contributed by atoms with van der Waals surface area (Å²) in [5, 5.41) is 0. The van der Waals surface area contributed by atoms with Gasteiger partial charge in [-0.25, -0.2) is 4.42 Å². The highest BCUT2D eigenvalue weighted by Crippen LogP contribution is 2.13. The number of nitrogens with zero attached hydrogens (tertiary/aromatic N) is 1. The number of unbranched alkanes of at least 4 members (excludes halogenated alkanes) is 18. The van der Waals surface area contributed by atoms with Gasteiger partial charge in [-0.15, -0.1) is 0 Å². The van der Waals surface area contributed by atoms with Crippen LogP contribution < -0.4 is 0 Å². The summed E-state index contributed by atoms with van der Waals surface area (Å²) in [4.78, 5) is 0. The van der Waals surface area contributed by atoms with Crippen LogP contribution in [-0.2, 0) is 0 Å². The molecular formula is C24H50ClN. The van der Waals surface area contributed by atoms with Gasteiger partial charge in [0.25, 0.3) is 0 Å². The van der Waals surface area contributed by atoms with Crippen LogP contribution >= 0.6 is 11.8 Å². The van der Waals surface area contributed by atoms with E-state index in [-0.39, 0.29) is 0 Å². The molecule has 0 amide bonds. The lowest BCUT2D eigenvalue weighted by molar-refractivity contribution is 0.411. The molecule has 0 aromatic rings. The molecule has 158 valence electrons. The zero-order chi connectivity index (χ0) is 19.1. The van der Waals surface area contributed by atoms with Crippen LogP contribution in [0, 0.1) is 0 Å². The monoisotopic (exact) mass is 387 g/mol. The summed E-state index contributed by atoms with van der Waals surface area (Å²) >= 11 is 6.34. The van der Waals surface area contributed by atoms with Crippen LogP contribution in [0.2, 0.25) is 0 Å². The van der Waals surface area contributed by atoms with E-state index in [0.29, 0.717) is 0 Å². The van der Waals surface area contributed by atoms with E-state index >= 15 is 0 Å². The molecule has 0 rings (SSSR count). The second-order valence-electron chi connectivity index (χ2n) is 8.27. The first-order valence-electron chi connectivity index (χ1n) is 12.2. The number of hydrogen-bond donors (Lipinski definition) is 0. The fourth-order valence-electron chi connectivity index (χ4n) is 3.65. The third-order valence-corrected chi connectivity index (χ3v) is 5.85. The van der Waals surface area contributed by atoms with Gasteiger partial charge in [-0.1, -0.05) is 129 Å². The lowest BCUT2D eigenvalue weighted by Gasteiger charge is -2.13. The second-order valence-corrected chi connectivity index (χ2v) is 8.75. The minimum Gasteiger partial charge on any atom is -0.220 e. The quantitative estimate of drug-likeness (QED) is 0.132. The zero-order valence-corrected chi connectivity index (χ0v) is 19.1. The molecule has 0 saturated heterocycles. The van der Waals surface area contributed by atoms with E-state index in [0.717, 1.165) is 13.1 Å². The summed E-state index contributed by atoms with van der Waals surface area (Å²) in [6, 6.07) is 0. The summed E-state index contributed by atoms with van der Waals surface area (Å²) in [6.07, 6.45) is 28.0. The first-order chi connectivity index (χ1) is 12.8. The Bertz CT molecular complexity index is 220. The van der Waals surface area contributed by atoms with Crippen LogP contribution in [0.3, 0.4) is 0 Å². The lowest BCUT2D eigenvalue weighted by atomic mass is 10.1. The van der Waals surface area contributed by atoms with Crippen LogP contribution in [0.4, 0.5) is 0 Å². The minimum atomic E-state index is 1.08. The number of rotatable bonds is 22. The van der Waals surface area contributed by atoms with Gasteiger partial charge in [0.2, 0.25) is 0 Å². The van der Waals surface area contributed by atoms with Crippen molar-refractivity contribution in [3.05, 3.63) is 0 Å². The van der Waals surface area contributed by atoms with Crippen molar-refractivity contribution in [2.45, 2.75) is 142 Å². The highest BCUT2D eigenvalue weighted by molar-refractivity contribution is 6.13. The standard InChI is InChI=1S/C24H50ClN/c1-3-5-7-9-11-13-15-17-19-21-23-26(25)24-22-20-18-16-14-12-10-8-6-4-2/h3-24H2,1-2H3. The van der Waals surface area contributed by atoms with E-state index in [2.05, 4.69) is 13.8 Å². The molecule has 0 saturated carbocycles. The lowest BCUT2D eigenvalue weighted by Crippen LogP contribution is -2.15. The maximum atomic E-state index is 6.34. The van der Waals surface area contributed by atoms with Crippen molar-refractivity contribution in [1.29, 1.82) is 0 Å². The Kier molecular flexibility index (Phi) is 23.5. The summed E-state index contributed by atoms with van der Waals surface area (Å²) < 4.78 is 2.04. The maximum Gasteiger partial charge on any atom is 0.0139 e. The van der Waals surface area contributed by atoms with E-state index in [4.69, 9.17) is 11.8 Å². The van der Waals surface area contributed by atoms with Gasteiger partial charge < -0.3 is 0 Å². The van der Waals surface area contributed by atoms with E-state index in [1.54, 1.807) is 0 Å². The van der Waals surface area contributed by atoms with E-state index in [1.165, 1.54) is 128 Å². The summed E-state index contributed by atoms with van der Waals surface area (Å²) in [7, 11) is 0. The molecular weight excluding hydrogens is 338 g/mol. The third kappa shape index (κ3) is 22.3. The smallest absolute Gasteiger partial charge is 0.0139 e. The van der Waals surface area contributed by atoms with E-state index in [1.807, 2.05) is 4.42 Å². The van der Waals surface area contributed by atoms with Crippen molar-refractivity contribution < 1.29 is 0 Å². The van der Waals surface area contributed by atoms with Gasteiger partial charge in [0.05, 0.1) is 0 Å². The molecule has 26 heavy (non-hydrogen) atoms. The van der Waals surface area contributed by atoms with Crippen LogP contribution in [0.5, 0.6) is 0 Å². The second kappa shape index (κ2) is 23.3. The van der Waals surface area contributed by atoms with Gasteiger partial charge >= 0.3 is 0 Å². The van der Waals surface area contributed by atoms with Gasteiger partial charge in [0, 0.05) is 13.1 Å². The number of halogens is 1. The molecule has 0 atom stereocenters. The van der Waals surface area contributed by atoms with Crippen LogP contribution in [-0.4, -0.2) is 17.5 Å². The molecule has 0 heterocycles. The van der Waals surface area contributed by atoms with Crippen LogP contribution in [0.15, 0.2) is 0 Å². The first-order valence-corrected chi connectivity index (χ1v) is 12.6. The predicted molar refractivity (Wildman–Crippen MR) is 121 cm³/mol. The maximum absolute atomic E-state index is 6.34. The van der Waals surface area contributed by atoms with Gasteiger partial charge in [-0.05, 0) is 24.6 Å². The van der Waals surface area contributed by atoms with Gasteiger partial charge in [-0.3, -0.25) is 0 Å². The Balaban J connectivity index is 3.12. The van der Waals surface area contributed by atoms with Crippen LogP contribution in [0.1, 0.15) is 142 Å². The van der Waals surface area contributed by atoms with Crippen LogP contribution in [0.25, 0.3) is 0 Å². The highest BCUT2D eigenvalue weighted by Gasteiger charge is 2.01. The molecule has 0 radical (unpaired) electrons.